The summed E-state index contributed by atoms with van der Waals surface area (Å²) >= 11 is 0. The standard InChI is InChI=1S/C22H25N3O4/c1-25-9-7-17-21(25)15(11-14-3-5-16(28-2)6-4-14)12-18(23-17)22(27)24-19-13-29-10-8-20(19)26/h3-7,9,12,19-20,26H,8,10-11,13H2,1-2H3,(H,24,27)/t19-,20+/m1/s1. The van der Waals surface area contributed by atoms with Crippen LogP contribution in [0.1, 0.15) is 28.0 Å². The third-order valence-corrected chi connectivity index (χ3v) is 5.33. The van der Waals surface area contributed by atoms with Gasteiger partial charge in [-0.05, 0) is 48.2 Å². The van der Waals surface area contributed by atoms with Crippen LogP contribution in [0.25, 0.3) is 11.0 Å². The molecule has 0 unspecified atom stereocenters. The van der Waals surface area contributed by atoms with E-state index >= 15 is 0 Å². The Hall–Kier alpha value is -2.90. The van der Waals surface area contributed by atoms with Crippen LogP contribution in [0, 0.1) is 0 Å². The molecule has 2 N–H and O–H groups in total. The number of rotatable bonds is 5. The Morgan fingerprint density at radius 3 is 2.86 bits per heavy atom. The number of hydrogen-bond acceptors (Lipinski definition) is 5. The van der Waals surface area contributed by atoms with Crippen LogP contribution < -0.4 is 10.1 Å². The van der Waals surface area contributed by atoms with Gasteiger partial charge in [-0.2, -0.15) is 0 Å². The van der Waals surface area contributed by atoms with E-state index in [1.165, 1.54) is 0 Å². The number of methoxy groups -OCH3 is 1. The van der Waals surface area contributed by atoms with Crippen LogP contribution in [0.4, 0.5) is 0 Å². The number of aliphatic hydroxyl groups excluding tert-OH is 1. The Balaban J connectivity index is 1.64. The predicted octanol–water partition coefficient (Wildman–Crippen LogP) is 2.05. The molecule has 7 nitrogen and oxygen atoms in total. The van der Waals surface area contributed by atoms with Gasteiger partial charge in [0.05, 0.1) is 36.9 Å². The van der Waals surface area contributed by atoms with Crippen LogP contribution in [0.3, 0.4) is 0 Å². The SMILES string of the molecule is COc1ccc(Cc2cc(C(=O)N[C@@H]3COCC[C@@H]3O)nc3ccn(C)c23)cc1. The number of aryl methyl sites for hydroxylation is 1. The molecule has 2 aromatic heterocycles. The minimum absolute atomic E-state index is 0.304. The maximum Gasteiger partial charge on any atom is 0.270 e. The summed E-state index contributed by atoms with van der Waals surface area (Å²) in [4.78, 5) is 17.4. The molecule has 2 atom stereocenters. The van der Waals surface area contributed by atoms with E-state index in [0.29, 0.717) is 31.7 Å². The van der Waals surface area contributed by atoms with Crippen LogP contribution in [0.2, 0.25) is 0 Å². The van der Waals surface area contributed by atoms with Gasteiger partial charge in [0.1, 0.15) is 11.4 Å². The van der Waals surface area contributed by atoms with Crippen LogP contribution in [0.15, 0.2) is 42.6 Å². The molecule has 1 saturated heterocycles. The monoisotopic (exact) mass is 395 g/mol. The zero-order valence-electron chi connectivity index (χ0n) is 16.6. The molecule has 7 heteroatoms. The van der Waals surface area contributed by atoms with Crippen molar-refractivity contribution in [1.82, 2.24) is 14.9 Å². The number of aliphatic hydroxyl groups is 1. The Kier molecular flexibility index (Phi) is 5.51. The van der Waals surface area contributed by atoms with Gasteiger partial charge in [-0.3, -0.25) is 4.79 Å². The number of pyridine rings is 1. The molecular formula is C22H25N3O4. The molecule has 1 aliphatic heterocycles. The topological polar surface area (TPSA) is 85.6 Å². The van der Waals surface area contributed by atoms with E-state index in [9.17, 15) is 9.90 Å². The zero-order valence-corrected chi connectivity index (χ0v) is 16.6. The maximum absolute atomic E-state index is 12.8. The number of fused-ring (bicyclic) bond motifs is 1. The van der Waals surface area contributed by atoms with E-state index in [2.05, 4.69) is 10.3 Å². The average Bonchev–Trinajstić information content (AvgIpc) is 3.11. The molecule has 1 fully saturated rings. The number of nitrogens with one attached hydrogen (secondary N) is 1. The van der Waals surface area contributed by atoms with Crippen molar-refractivity contribution in [1.29, 1.82) is 0 Å². The van der Waals surface area contributed by atoms with Gasteiger partial charge >= 0.3 is 0 Å². The molecule has 1 amide bonds. The molecule has 152 valence electrons. The third-order valence-electron chi connectivity index (χ3n) is 5.33. The van der Waals surface area contributed by atoms with Crippen molar-refractivity contribution < 1.29 is 19.4 Å². The Morgan fingerprint density at radius 1 is 1.34 bits per heavy atom. The molecule has 1 aromatic carbocycles. The molecule has 0 radical (unpaired) electrons. The fourth-order valence-corrected chi connectivity index (χ4v) is 3.71. The van der Waals surface area contributed by atoms with Crippen LogP contribution in [0.5, 0.6) is 5.75 Å². The fourth-order valence-electron chi connectivity index (χ4n) is 3.71. The number of ether oxygens (including phenoxy) is 2. The van der Waals surface area contributed by atoms with Gasteiger partial charge in [0.25, 0.3) is 5.91 Å². The van der Waals surface area contributed by atoms with Gasteiger partial charge in [-0.1, -0.05) is 12.1 Å². The average molecular weight is 395 g/mol. The lowest BCUT2D eigenvalue weighted by molar-refractivity contribution is -0.0140. The number of benzene rings is 1. The molecule has 3 heterocycles. The highest BCUT2D eigenvalue weighted by Crippen LogP contribution is 2.23. The summed E-state index contributed by atoms with van der Waals surface area (Å²) in [5.41, 5.74) is 4.23. The molecular weight excluding hydrogens is 370 g/mol. The smallest absolute Gasteiger partial charge is 0.270 e. The van der Waals surface area contributed by atoms with Gasteiger partial charge in [-0.15, -0.1) is 0 Å². The van der Waals surface area contributed by atoms with Crippen molar-refractivity contribution in [2.45, 2.75) is 25.0 Å². The van der Waals surface area contributed by atoms with E-state index in [-0.39, 0.29) is 5.91 Å². The number of amides is 1. The second kappa shape index (κ2) is 8.23. The Labute approximate surface area is 169 Å². The van der Waals surface area contributed by atoms with Gasteiger partial charge in [0.15, 0.2) is 0 Å². The maximum atomic E-state index is 12.8. The minimum atomic E-state index is -0.605. The number of carbonyl (C=O) groups is 1. The number of hydrogen-bond donors (Lipinski definition) is 2. The molecule has 0 bridgehead atoms. The van der Waals surface area contributed by atoms with Crippen LogP contribution >= 0.6 is 0 Å². The van der Waals surface area contributed by atoms with Crippen LogP contribution in [-0.4, -0.2) is 53.0 Å². The molecule has 3 aromatic rings. The number of nitrogens with zero attached hydrogens (tertiary/aromatic N) is 2. The van der Waals surface area contributed by atoms with Crippen molar-refractivity contribution in [2.24, 2.45) is 7.05 Å². The lowest BCUT2D eigenvalue weighted by Gasteiger charge is -2.28. The highest BCUT2D eigenvalue weighted by molar-refractivity contribution is 5.95. The first-order valence-electron chi connectivity index (χ1n) is 9.69. The van der Waals surface area contributed by atoms with E-state index in [0.717, 1.165) is 27.9 Å². The van der Waals surface area contributed by atoms with Crippen molar-refractivity contribution in [3.63, 3.8) is 0 Å². The quantitative estimate of drug-likeness (QED) is 0.691. The summed E-state index contributed by atoms with van der Waals surface area (Å²) in [5.74, 6) is 0.502. The summed E-state index contributed by atoms with van der Waals surface area (Å²) in [6.07, 6.45) is 2.51. The van der Waals surface area contributed by atoms with Gasteiger partial charge < -0.3 is 24.5 Å². The second-order valence-electron chi connectivity index (χ2n) is 7.36. The van der Waals surface area contributed by atoms with E-state index < -0.39 is 12.1 Å². The lowest BCUT2D eigenvalue weighted by atomic mass is 10.0. The highest BCUT2D eigenvalue weighted by atomic mass is 16.5. The van der Waals surface area contributed by atoms with E-state index in [1.54, 1.807) is 7.11 Å². The molecule has 29 heavy (non-hydrogen) atoms. The number of carbonyl (C=O) groups excluding carboxylic acids is 1. The van der Waals surface area contributed by atoms with Gasteiger partial charge in [0, 0.05) is 19.9 Å². The van der Waals surface area contributed by atoms with Crippen molar-refractivity contribution in [2.75, 3.05) is 20.3 Å². The number of aromatic nitrogens is 2. The normalized spacial score (nSPS) is 19.3. The molecule has 4 rings (SSSR count). The first-order valence-corrected chi connectivity index (χ1v) is 9.69. The van der Waals surface area contributed by atoms with Crippen LogP contribution in [-0.2, 0) is 18.2 Å². The summed E-state index contributed by atoms with van der Waals surface area (Å²) in [6, 6.07) is 11.2. The summed E-state index contributed by atoms with van der Waals surface area (Å²) < 4.78 is 12.6. The molecule has 1 aliphatic rings. The Morgan fingerprint density at radius 2 is 2.14 bits per heavy atom. The second-order valence-corrected chi connectivity index (χ2v) is 7.36. The first-order chi connectivity index (χ1) is 14.0. The summed E-state index contributed by atoms with van der Waals surface area (Å²) in [5, 5.41) is 13.0. The summed E-state index contributed by atoms with van der Waals surface area (Å²) in [6.45, 7) is 0.812. The Bertz CT molecular complexity index is 1010. The zero-order chi connectivity index (χ0) is 20.4. The van der Waals surface area contributed by atoms with Crippen molar-refractivity contribution in [3.05, 3.63) is 59.4 Å². The highest BCUT2D eigenvalue weighted by Gasteiger charge is 2.26. The molecule has 0 aliphatic carbocycles. The fraction of sp³-hybridized carbons (Fsp3) is 0.364. The minimum Gasteiger partial charge on any atom is -0.497 e. The largest absolute Gasteiger partial charge is 0.497 e. The molecule has 0 spiro atoms. The summed E-state index contributed by atoms with van der Waals surface area (Å²) in [7, 11) is 3.61. The van der Waals surface area contributed by atoms with Gasteiger partial charge in [0.2, 0.25) is 0 Å². The molecule has 0 saturated carbocycles. The van der Waals surface area contributed by atoms with Gasteiger partial charge in [-0.25, -0.2) is 4.98 Å². The predicted molar refractivity (Wildman–Crippen MR) is 109 cm³/mol. The van der Waals surface area contributed by atoms with Crippen molar-refractivity contribution >= 4 is 16.9 Å². The first kappa shape index (κ1) is 19.4. The van der Waals surface area contributed by atoms with Crippen molar-refractivity contribution in [3.8, 4) is 5.75 Å². The van der Waals surface area contributed by atoms with E-state index in [1.807, 2.05) is 54.2 Å². The lowest BCUT2D eigenvalue weighted by Crippen LogP contribution is -2.49. The third kappa shape index (κ3) is 4.11. The van der Waals surface area contributed by atoms with E-state index in [4.69, 9.17) is 9.47 Å².